The highest BCUT2D eigenvalue weighted by molar-refractivity contribution is 7.89. The van der Waals surface area contributed by atoms with Crippen molar-refractivity contribution in [3.05, 3.63) is 64.1 Å². The van der Waals surface area contributed by atoms with Crippen LogP contribution in [-0.4, -0.2) is 37.8 Å². The Hall–Kier alpha value is -1.60. The van der Waals surface area contributed by atoms with Gasteiger partial charge in [-0.05, 0) is 43.0 Å². The Kier molecular flexibility index (Phi) is 9.41. The van der Waals surface area contributed by atoms with E-state index in [2.05, 4.69) is 5.32 Å². The van der Waals surface area contributed by atoms with Crippen LogP contribution >= 0.6 is 23.2 Å². The summed E-state index contributed by atoms with van der Waals surface area (Å²) in [5, 5.41) is 3.42. The second-order valence-corrected chi connectivity index (χ2v) is 11.0. The number of nitrogens with one attached hydrogen (secondary N) is 1. The standard InChI is InChI=1S/C24H30Cl2N2O3S/c25-20-13-14-22(26)23(17-20)32(30,31)28(16-15-19-9-5-4-6-10-19)18-24(29)27-21-11-7-2-1-3-8-12-21/h4-6,9-10,13-14,17,21H,1-3,7-8,11-12,15-16,18H2,(H,27,29). The van der Waals surface area contributed by atoms with Crippen LogP contribution in [0, 0.1) is 0 Å². The molecule has 0 saturated heterocycles. The SMILES string of the molecule is O=C(CN(CCc1ccccc1)S(=O)(=O)c1cc(Cl)ccc1Cl)NC1CCCCCCC1. The molecule has 1 amide bonds. The lowest BCUT2D eigenvalue weighted by Crippen LogP contribution is -2.45. The van der Waals surface area contributed by atoms with Gasteiger partial charge in [0.1, 0.15) is 4.90 Å². The predicted molar refractivity (Wildman–Crippen MR) is 130 cm³/mol. The molecule has 0 spiro atoms. The highest BCUT2D eigenvalue weighted by Gasteiger charge is 2.29. The summed E-state index contributed by atoms with van der Waals surface area (Å²) >= 11 is 12.2. The van der Waals surface area contributed by atoms with E-state index in [0.717, 1.165) is 31.2 Å². The van der Waals surface area contributed by atoms with Gasteiger partial charge in [-0.2, -0.15) is 4.31 Å². The lowest BCUT2D eigenvalue weighted by Gasteiger charge is -2.25. The van der Waals surface area contributed by atoms with Crippen molar-refractivity contribution in [2.24, 2.45) is 0 Å². The van der Waals surface area contributed by atoms with Gasteiger partial charge < -0.3 is 5.32 Å². The molecule has 0 bridgehead atoms. The van der Waals surface area contributed by atoms with Crippen LogP contribution in [0.15, 0.2) is 53.4 Å². The fourth-order valence-corrected chi connectivity index (χ4v) is 6.16. The molecule has 0 heterocycles. The Labute approximate surface area is 201 Å². The first-order valence-corrected chi connectivity index (χ1v) is 13.3. The molecule has 5 nitrogen and oxygen atoms in total. The molecule has 1 aliphatic rings. The van der Waals surface area contributed by atoms with Gasteiger partial charge in [-0.3, -0.25) is 4.79 Å². The third-order valence-electron chi connectivity index (χ3n) is 5.79. The topological polar surface area (TPSA) is 66.5 Å². The van der Waals surface area contributed by atoms with Crippen molar-refractivity contribution in [3.63, 3.8) is 0 Å². The number of benzene rings is 2. The number of nitrogens with zero attached hydrogens (tertiary/aromatic N) is 1. The van der Waals surface area contributed by atoms with E-state index in [1.807, 2.05) is 30.3 Å². The van der Waals surface area contributed by atoms with Gasteiger partial charge in [0.25, 0.3) is 0 Å². The molecule has 174 valence electrons. The maximum atomic E-state index is 13.5. The largest absolute Gasteiger partial charge is 0.352 e. The maximum Gasteiger partial charge on any atom is 0.245 e. The van der Waals surface area contributed by atoms with E-state index in [0.29, 0.717) is 6.42 Å². The van der Waals surface area contributed by atoms with E-state index in [4.69, 9.17) is 23.2 Å². The van der Waals surface area contributed by atoms with Crippen LogP contribution in [0.4, 0.5) is 0 Å². The quantitative estimate of drug-likeness (QED) is 0.527. The van der Waals surface area contributed by atoms with Crippen molar-refractivity contribution < 1.29 is 13.2 Å². The number of sulfonamides is 1. The highest BCUT2D eigenvalue weighted by Crippen LogP contribution is 2.28. The van der Waals surface area contributed by atoms with E-state index in [1.165, 1.54) is 35.7 Å². The van der Waals surface area contributed by atoms with Crippen LogP contribution in [0.25, 0.3) is 0 Å². The summed E-state index contributed by atoms with van der Waals surface area (Å²) in [6.45, 7) is -0.0955. The lowest BCUT2D eigenvalue weighted by atomic mass is 9.97. The molecule has 1 N–H and O–H groups in total. The summed E-state index contributed by atoms with van der Waals surface area (Å²) in [6.07, 6.45) is 8.11. The maximum absolute atomic E-state index is 13.5. The molecular weight excluding hydrogens is 467 g/mol. The number of amides is 1. The average molecular weight is 497 g/mol. The third kappa shape index (κ3) is 7.20. The highest BCUT2D eigenvalue weighted by atomic mass is 35.5. The van der Waals surface area contributed by atoms with Gasteiger partial charge in [0.15, 0.2) is 0 Å². The molecule has 2 aromatic carbocycles. The monoisotopic (exact) mass is 496 g/mol. The van der Waals surface area contributed by atoms with Crippen LogP contribution in [0.1, 0.15) is 50.5 Å². The van der Waals surface area contributed by atoms with E-state index < -0.39 is 10.0 Å². The molecule has 0 radical (unpaired) electrons. The van der Waals surface area contributed by atoms with Gasteiger partial charge in [0, 0.05) is 17.6 Å². The molecule has 0 aliphatic heterocycles. The number of halogens is 2. The summed E-state index contributed by atoms with van der Waals surface area (Å²) in [7, 11) is -4.02. The summed E-state index contributed by atoms with van der Waals surface area (Å²) in [6, 6.07) is 14.0. The first-order chi connectivity index (χ1) is 15.4. The molecule has 1 saturated carbocycles. The van der Waals surface area contributed by atoms with E-state index in [-0.39, 0.29) is 40.0 Å². The summed E-state index contributed by atoms with van der Waals surface area (Å²) in [5.41, 5.74) is 0.991. The Bertz CT molecular complexity index is 992. The minimum Gasteiger partial charge on any atom is -0.352 e. The Morgan fingerprint density at radius 1 is 0.969 bits per heavy atom. The Balaban J connectivity index is 1.78. The van der Waals surface area contributed by atoms with Crippen LogP contribution in [-0.2, 0) is 21.2 Å². The normalized spacial score (nSPS) is 15.8. The number of hydrogen-bond donors (Lipinski definition) is 1. The zero-order chi connectivity index (χ0) is 23.0. The van der Waals surface area contributed by atoms with Gasteiger partial charge in [-0.25, -0.2) is 8.42 Å². The summed E-state index contributed by atoms with van der Waals surface area (Å²) < 4.78 is 28.1. The van der Waals surface area contributed by atoms with Gasteiger partial charge in [-0.15, -0.1) is 0 Å². The predicted octanol–water partition coefficient (Wildman–Crippen LogP) is 5.46. The van der Waals surface area contributed by atoms with Crippen molar-refractivity contribution in [3.8, 4) is 0 Å². The number of carbonyl (C=O) groups excluding carboxylic acids is 1. The Morgan fingerprint density at radius 3 is 2.31 bits per heavy atom. The van der Waals surface area contributed by atoms with Crippen molar-refractivity contribution in [1.82, 2.24) is 9.62 Å². The zero-order valence-corrected chi connectivity index (χ0v) is 20.4. The van der Waals surface area contributed by atoms with Crippen LogP contribution in [0.5, 0.6) is 0 Å². The Morgan fingerprint density at radius 2 is 1.62 bits per heavy atom. The fourth-order valence-electron chi connectivity index (χ4n) is 4.03. The van der Waals surface area contributed by atoms with Crippen molar-refractivity contribution in [2.75, 3.05) is 13.1 Å². The molecule has 0 atom stereocenters. The van der Waals surface area contributed by atoms with Crippen molar-refractivity contribution in [1.29, 1.82) is 0 Å². The van der Waals surface area contributed by atoms with Crippen molar-refractivity contribution in [2.45, 2.75) is 62.3 Å². The first kappa shape index (κ1) is 25.0. The molecule has 1 aliphatic carbocycles. The van der Waals surface area contributed by atoms with Gasteiger partial charge in [0.05, 0.1) is 11.6 Å². The average Bonchev–Trinajstić information content (AvgIpc) is 2.75. The number of carbonyl (C=O) groups is 1. The van der Waals surface area contributed by atoms with Crippen molar-refractivity contribution >= 4 is 39.1 Å². The smallest absolute Gasteiger partial charge is 0.245 e. The van der Waals surface area contributed by atoms with E-state index in [1.54, 1.807) is 6.07 Å². The molecule has 0 unspecified atom stereocenters. The lowest BCUT2D eigenvalue weighted by molar-refractivity contribution is -0.122. The van der Waals surface area contributed by atoms with Gasteiger partial charge >= 0.3 is 0 Å². The second-order valence-electron chi connectivity index (χ2n) is 8.26. The molecule has 1 fully saturated rings. The molecule has 2 aromatic rings. The molecule has 32 heavy (non-hydrogen) atoms. The van der Waals surface area contributed by atoms with Crippen LogP contribution < -0.4 is 5.32 Å². The van der Waals surface area contributed by atoms with Crippen LogP contribution in [0.3, 0.4) is 0 Å². The second kappa shape index (κ2) is 12.0. The van der Waals surface area contributed by atoms with Gasteiger partial charge in [-0.1, -0.05) is 85.6 Å². The molecule has 8 heteroatoms. The first-order valence-electron chi connectivity index (χ1n) is 11.1. The fraction of sp³-hybridized carbons (Fsp3) is 0.458. The van der Waals surface area contributed by atoms with Gasteiger partial charge in [0.2, 0.25) is 15.9 Å². The molecule has 3 rings (SSSR count). The summed E-state index contributed by atoms with van der Waals surface area (Å²) in [5.74, 6) is -0.287. The minimum absolute atomic E-state index is 0.0829. The molecular formula is C24H30Cl2N2O3S. The zero-order valence-electron chi connectivity index (χ0n) is 18.1. The third-order valence-corrected chi connectivity index (χ3v) is 8.36. The minimum atomic E-state index is -4.02. The molecule has 0 aromatic heterocycles. The van der Waals surface area contributed by atoms with E-state index in [9.17, 15) is 13.2 Å². The number of rotatable bonds is 8. The summed E-state index contributed by atoms with van der Waals surface area (Å²) in [4.78, 5) is 12.8. The van der Waals surface area contributed by atoms with E-state index >= 15 is 0 Å². The van der Waals surface area contributed by atoms with Crippen LogP contribution in [0.2, 0.25) is 10.0 Å². The number of hydrogen-bond acceptors (Lipinski definition) is 3.